The predicted molar refractivity (Wildman–Crippen MR) is 73.4 cm³/mol. The summed E-state index contributed by atoms with van der Waals surface area (Å²) in [5.74, 6) is -0.870. The van der Waals surface area contributed by atoms with E-state index in [2.05, 4.69) is 4.72 Å². The molecule has 0 aliphatic carbocycles. The predicted octanol–water partition coefficient (Wildman–Crippen LogP) is 0.731. The molecule has 1 aromatic carbocycles. The summed E-state index contributed by atoms with van der Waals surface area (Å²) in [6.07, 6.45) is 2.02. The second-order valence-corrected chi connectivity index (χ2v) is 6.58. The molecule has 1 aromatic rings. The monoisotopic (exact) mass is 322 g/mol. The number of thioether (sulfide) groups is 1. The van der Waals surface area contributed by atoms with E-state index < -0.39 is 27.8 Å². The molecule has 0 spiro atoms. The standard InChI is InChI=1S/C11H15FN2O4S2/c1-19-7-6-10(11(15)13-16)14-20(17,18)9-4-2-8(12)3-5-9/h2-5,10,14,16H,6-7H2,1H3,(H,13,15). The van der Waals surface area contributed by atoms with Crippen LogP contribution in [0.5, 0.6) is 0 Å². The van der Waals surface area contributed by atoms with E-state index in [1.165, 1.54) is 17.2 Å². The number of benzene rings is 1. The fraction of sp³-hybridized carbons (Fsp3) is 0.364. The zero-order chi connectivity index (χ0) is 15.2. The molecular formula is C11H15FN2O4S2. The molecule has 0 radical (unpaired) electrons. The van der Waals surface area contributed by atoms with Crippen LogP contribution >= 0.6 is 11.8 Å². The van der Waals surface area contributed by atoms with E-state index in [-0.39, 0.29) is 11.3 Å². The molecule has 0 aromatic heterocycles. The molecule has 0 aliphatic rings. The summed E-state index contributed by atoms with van der Waals surface area (Å²) in [6.45, 7) is 0. The lowest BCUT2D eigenvalue weighted by Crippen LogP contribution is -2.46. The van der Waals surface area contributed by atoms with Crippen LogP contribution in [-0.4, -0.2) is 37.6 Å². The number of hydroxylamine groups is 1. The number of rotatable bonds is 7. The Kier molecular flexibility index (Phi) is 6.40. The Morgan fingerprint density at radius 3 is 2.50 bits per heavy atom. The van der Waals surface area contributed by atoms with Gasteiger partial charge in [-0.05, 0) is 42.7 Å². The van der Waals surface area contributed by atoms with Crippen LogP contribution in [0, 0.1) is 5.82 Å². The molecule has 1 unspecified atom stereocenters. The molecule has 0 fully saturated rings. The van der Waals surface area contributed by atoms with Crippen molar-refractivity contribution in [1.82, 2.24) is 10.2 Å². The van der Waals surface area contributed by atoms with Gasteiger partial charge in [0.1, 0.15) is 11.9 Å². The van der Waals surface area contributed by atoms with Gasteiger partial charge in [0.2, 0.25) is 10.0 Å². The summed E-state index contributed by atoms with van der Waals surface area (Å²) in [7, 11) is -3.96. The van der Waals surface area contributed by atoms with Crippen molar-refractivity contribution in [2.45, 2.75) is 17.4 Å². The summed E-state index contributed by atoms with van der Waals surface area (Å²) >= 11 is 1.44. The van der Waals surface area contributed by atoms with Crippen LogP contribution in [0.2, 0.25) is 0 Å². The molecule has 0 aliphatic heterocycles. The minimum Gasteiger partial charge on any atom is -0.289 e. The highest BCUT2D eigenvalue weighted by atomic mass is 32.2. The second-order valence-electron chi connectivity index (χ2n) is 3.89. The Balaban J connectivity index is 2.90. The van der Waals surface area contributed by atoms with Gasteiger partial charge in [-0.15, -0.1) is 0 Å². The van der Waals surface area contributed by atoms with Gasteiger partial charge >= 0.3 is 0 Å². The SMILES string of the molecule is CSCCC(NS(=O)(=O)c1ccc(F)cc1)C(=O)NO. The normalized spacial score (nSPS) is 12.9. The number of carbonyl (C=O) groups excluding carboxylic acids is 1. The lowest BCUT2D eigenvalue weighted by atomic mass is 10.2. The van der Waals surface area contributed by atoms with Gasteiger partial charge in [0.15, 0.2) is 0 Å². The quantitative estimate of drug-likeness (QED) is 0.508. The number of sulfonamides is 1. The van der Waals surface area contributed by atoms with E-state index >= 15 is 0 Å². The van der Waals surface area contributed by atoms with E-state index in [9.17, 15) is 17.6 Å². The topological polar surface area (TPSA) is 95.5 Å². The molecular weight excluding hydrogens is 307 g/mol. The largest absolute Gasteiger partial charge is 0.289 e. The van der Waals surface area contributed by atoms with Gasteiger partial charge in [0.25, 0.3) is 5.91 Å². The number of halogens is 1. The molecule has 9 heteroatoms. The van der Waals surface area contributed by atoms with E-state index in [0.29, 0.717) is 5.75 Å². The lowest BCUT2D eigenvalue weighted by molar-refractivity contribution is -0.130. The van der Waals surface area contributed by atoms with Crippen molar-refractivity contribution < 1.29 is 22.8 Å². The van der Waals surface area contributed by atoms with Crippen molar-refractivity contribution in [1.29, 1.82) is 0 Å². The number of hydrogen-bond donors (Lipinski definition) is 3. The third-order valence-corrected chi connectivity index (χ3v) is 4.59. The lowest BCUT2D eigenvalue weighted by Gasteiger charge is -2.16. The Labute approximate surface area is 120 Å². The first-order chi connectivity index (χ1) is 9.40. The number of nitrogens with one attached hydrogen (secondary N) is 2. The maximum absolute atomic E-state index is 12.8. The van der Waals surface area contributed by atoms with Crippen molar-refractivity contribution in [2.75, 3.05) is 12.0 Å². The van der Waals surface area contributed by atoms with Gasteiger partial charge in [-0.3, -0.25) is 10.0 Å². The smallest absolute Gasteiger partial charge is 0.261 e. The molecule has 112 valence electrons. The van der Waals surface area contributed by atoms with Gasteiger partial charge in [0.05, 0.1) is 4.90 Å². The average Bonchev–Trinajstić information content (AvgIpc) is 2.43. The zero-order valence-electron chi connectivity index (χ0n) is 10.7. The number of hydrogen-bond acceptors (Lipinski definition) is 5. The van der Waals surface area contributed by atoms with Gasteiger partial charge in [0, 0.05) is 0 Å². The third kappa shape index (κ3) is 4.75. The first-order valence-corrected chi connectivity index (χ1v) is 8.49. The summed E-state index contributed by atoms with van der Waals surface area (Å²) < 4.78 is 39.0. The molecule has 1 rings (SSSR count). The maximum atomic E-state index is 12.8. The molecule has 20 heavy (non-hydrogen) atoms. The first kappa shape index (κ1) is 16.9. The molecule has 3 N–H and O–H groups in total. The number of amides is 1. The molecule has 1 amide bonds. The second kappa shape index (κ2) is 7.58. The van der Waals surface area contributed by atoms with Crippen LogP contribution in [0.3, 0.4) is 0 Å². The minimum atomic E-state index is -3.96. The van der Waals surface area contributed by atoms with Gasteiger partial charge in [-0.25, -0.2) is 18.3 Å². The molecule has 0 heterocycles. The van der Waals surface area contributed by atoms with Crippen LogP contribution in [0.4, 0.5) is 4.39 Å². The summed E-state index contributed by atoms with van der Waals surface area (Å²) in [5.41, 5.74) is 1.42. The van der Waals surface area contributed by atoms with Crippen LogP contribution in [-0.2, 0) is 14.8 Å². The molecule has 1 atom stereocenters. The van der Waals surface area contributed by atoms with Crippen molar-refractivity contribution >= 4 is 27.7 Å². The third-order valence-electron chi connectivity index (χ3n) is 2.46. The summed E-state index contributed by atoms with van der Waals surface area (Å²) in [4.78, 5) is 11.3. The van der Waals surface area contributed by atoms with Crippen LogP contribution in [0.15, 0.2) is 29.2 Å². The Morgan fingerprint density at radius 2 is 2.00 bits per heavy atom. The Bertz CT molecular complexity index is 548. The number of carbonyl (C=O) groups is 1. The fourth-order valence-electron chi connectivity index (χ4n) is 1.43. The van der Waals surface area contributed by atoms with Crippen molar-refractivity contribution in [3.8, 4) is 0 Å². The van der Waals surface area contributed by atoms with E-state index in [0.717, 1.165) is 24.3 Å². The first-order valence-electron chi connectivity index (χ1n) is 5.61. The van der Waals surface area contributed by atoms with Gasteiger partial charge in [-0.1, -0.05) is 0 Å². The van der Waals surface area contributed by atoms with Gasteiger partial charge in [-0.2, -0.15) is 16.5 Å². The Morgan fingerprint density at radius 1 is 1.40 bits per heavy atom. The highest BCUT2D eigenvalue weighted by Crippen LogP contribution is 2.12. The highest BCUT2D eigenvalue weighted by molar-refractivity contribution is 7.98. The van der Waals surface area contributed by atoms with Crippen LogP contribution in [0.25, 0.3) is 0 Å². The Hall–Kier alpha value is -1.16. The van der Waals surface area contributed by atoms with Crippen molar-refractivity contribution in [3.63, 3.8) is 0 Å². The van der Waals surface area contributed by atoms with E-state index in [1.54, 1.807) is 0 Å². The van der Waals surface area contributed by atoms with E-state index in [1.807, 2.05) is 6.26 Å². The highest BCUT2D eigenvalue weighted by Gasteiger charge is 2.25. The summed E-state index contributed by atoms with van der Waals surface area (Å²) in [5, 5.41) is 8.62. The van der Waals surface area contributed by atoms with Crippen LogP contribution in [0.1, 0.15) is 6.42 Å². The fourth-order valence-corrected chi connectivity index (χ4v) is 3.13. The summed E-state index contributed by atoms with van der Waals surface area (Å²) in [6, 6.07) is 3.12. The van der Waals surface area contributed by atoms with Crippen molar-refractivity contribution in [2.24, 2.45) is 0 Å². The zero-order valence-corrected chi connectivity index (χ0v) is 12.3. The van der Waals surface area contributed by atoms with Crippen LogP contribution < -0.4 is 10.2 Å². The maximum Gasteiger partial charge on any atom is 0.261 e. The van der Waals surface area contributed by atoms with Crippen molar-refractivity contribution in [3.05, 3.63) is 30.1 Å². The van der Waals surface area contributed by atoms with E-state index in [4.69, 9.17) is 5.21 Å². The molecule has 0 bridgehead atoms. The molecule has 0 saturated heterocycles. The molecule has 0 saturated carbocycles. The average molecular weight is 322 g/mol. The van der Waals surface area contributed by atoms with Gasteiger partial charge < -0.3 is 0 Å². The molecule has 6 nitrogen and oxygen atoms in total. The minimum absolute atomic E-state index is 0.154.